The third-order valence-electron chi connectivity index (χ3n) is 5.42. The van der Waals surface area contributed by atoms with Gasteiger partial charge in [0, 0.05) is 26.2 Å². The van der Waals surface area contributed by atoms with Crippen molar-refractivity contribution in [1.82, 2.24) is 10.0 Å². The molecule has 3 rings (SSSR count). The van der Waals surface area contributed by atoms with Crippen LogP contribution in [-0.4, -0.2) is 62.8 Å². The van der Waals surface area contributed by atoms with E-state index in [9.17, 15) is 0 Å². The Labute approximate surface area is 185 Å². The van der Waals surface area contributed by atoms with Crippen LogP contribution in [0.5, 0.6) is 11.5 Å². The summed E-state index contributed by atoms with van der Waals surface area (Å²) in [6.45, 7) is 6.54. The zero-order valence-electron chi connectivity index (χ0n) is 18.3. The van der Waals surface area contributed by atoms with Gasteiger partial charge in [-0.1, -0.05) is 24.3 Å². The van der Waals surface area contributed by atoms with Gasteiger partial charge in [-0.3, -0.25) is 4.90 Å². The van der Waals surface area contributed by atoms with Gasteiger partial charge in [0.2, 0.25) is 0 Å². The maximum absolute atomic E-state index is 5.87. The Morgan fingerprint density at radius 3 is 2.48 bits per heavy atom. The third kappa shape index (κ3) is 7.04. The molecule has 1 aliphatic heterocycles. The van der Waals surface area contributed by atoms with Crippen LogP contribution >= 0.6 is 0 Å². The molecule has 0 unspecified atom stereocenters. The van der Waals surface area contributed by atoms with Gasteiger partial charge in [-0.05, 0) is 49.2 Å². The molecule has 8 nitrogen and oxygen atoms in total. The number of hydrogen-bond donors (Lipinski definition) is 2. The van der Waals surface area contributed by atoms with Crippen molar-refractivity contribution in [3.05, 3.63) is 54.1 Å². The lowest BCUT2D eigenvalue weighted by atomic mass is 10.2. The van der Waals surface area contributed by atoms with Crippen molar-refractivity contribution in [3.8, 4) is 11.5 Å². The summed E-state index contributed by atoms with van der Waals surface area (Å²) in [6, 6.07) is 16.2. The number of rotatable bonds is 11. The summed E-state index contributed by atoms with van der Waals surface area (Å²) in [5.41, 5.74) is 7.47. The number of anilines is 1. The number of hydrogen-bond acceptors (Lipinski definition) is 7. The van der Waals surface area contributed by atoms with Crippen LogP contribution in [0.4, 0.5) is 5.69 Å². The number of nitrogens with zero attached hydrogens (tertiary/aromatic N) is 4. The Morgan fingerprint density at radius 2 is 1.77 bits per heavy atom. The van der Waals surface area contributed by atoms with Crippen LogP contribution < -0.4 is 25.9 Å². The average molecular weight is 427 g/mol. The van der Waals surface area contributed by atoms with E-state index in [2.05, 4.69) is 27.0 Å². The fraction of sp³-hybridized carbons (Fsp3) is 0.435. The van der Waals surface area contributed by atoms with Gasteiger partial charge in [-0.15, -0.1) is 0 Å². The maximum Gasteiger partial charge on any atom is 0.142 e. The van der Waals surface area contributed by atoms with Crippen LogP contribution in [0.1, 0.15) is 18.4 Å². The molecule has 0 spiro atoms. The molecule has 2 aromatic carbocycles. The van der Waals surface area contributed by atoms with E-state index >= 15 is 0 Å². The molecule has 1 heterocycles. The summed E-state index contributed by atoms with van der Waals surface area (Å²) < 4.78 is 11.4. The summed E-state index contributed by atoms with van der Waals surface area (Å²) in [5, 5.41) is 5.10. The van der Waals surface area contributed by atoms with Gasteiger partial charge in [0.1, 0.15) is 17.8 Å². The number of hydrazone groups is 1. The van der Waals surface area contributed by atoms with Crippen molar-refractivity contribution < 1.29 is 9.47 Å². The highest BCUT2D eigenvalue weighted by Gasteiger charge is 2.19. The zero-order chi connectivity index (χ0) is 21.9. The number of nitrogens with two attached hydrogens (primary N) is 2. The normalized spacial score (nSPS) is 14.7. The van der Waals surface area contributed by atoms with E-state index in [4.69, 9.17) is 21.1 Å². The zero-order valence-corrected chi connectivity index (χ0v) is 18.3. The number of benzene rings is 2. The fourth-order valence-electron chi connectivity index (χ4n) is 3.74. The monoisotopic (exact) mass is 426 g/mol. The molecule has 8 heteroatoms. The van der Waals surface area contributed by atoms with Gasteiger partial charge >= 0.3 is 0 Å². The summed E-state index contributed by atoms with van der Waals surface area (Å²) >= 11 is 0. The Morgan fingerprint density at radius 1 is 1.03 bits per heavy atom. The SMILES string of the molecule is COc1ccccc1N1CCN(CCCCOc2ccc(CN(N)/N=C\N)cc2)CC1. The summed E-state index contributed by atoms with van der Waals surface area (Å²) in [4.78, 5) is 4.94. The Hall–Kier alpha value is -2.97. The number of piperazine rings is 1. The molecule has 31 heavy (non-hydrogen) atoms. The van der Waals surface area contributed by atoms with Gasteiger partial charge in [0.15, 0.2) is 0 Å². The first kappa shape index (κ1) is 22.7. The van der Waals surface area contributed by atoms with Gasteiger partial charge in [0.25, 0.3) is 0 Å². The second-order valence-electron chi connectivity index (χ2n) is 7.56. The molecule has 0 saturated carbocycles. The Kier molecular flexibility index (Phi) is 8.81. The maximum atomic E-state index is 5.87. The fourth-order valence-corrected chi connectivity index (χ4v) is 3.74. The molecule has 2 aromatic rings. The standard InChI is InChI=1S/C23H34N6O2/c1-30-23-7-3-2-6-22(23)28-15-13-27(14-16-28)12-4-5-17-31-21-10-8-20(9-11-21)18-29(25)26-19-24/h2-3,6-11,19H,4-5,12-18,25H2,1H3,(H2,24,26). The number of unbranched alkanes of at least 4 members (excludes halogenated alkanes) is 1. The number of ether oxygens (including phenoxy) is 2. The van der Waals surface area contributed by atoms with Gasteiger partial charge in [-0.2, -0.15) is 5.10 Å². The molecular weight excluding hydrogens is 392 g/mol. The lowest BCUT2D eigenvalue weighted by molar-refractivity contribution is 0.238. The highest BCUT2D eigenvalue weighted by atomic mass is 16.5. The van der Waals surface area contributed by atoms with Gasteiger partial charge < -0.3 is 20.1 Å². The lowest BCUT2D eigenvalue weighted by Crippen LogP contribution is -2.46. The molecule has 1 fully saturated rings. The van der Waals surface area contributed by atoms with E-state index in [1.54, 1.807) is 7.11 Å². The second-order valence-corrected chi connectivity index (χ2v) is 7.56. The molecular formula is C23H34N6O2. The highest BCUT2D eigenvalue weighted by molar-refractivity contribution is 5.58. The van der Waals surface area contributed by atoms with Crippen LogP contribution in [0, 0.1) is 0 Å². The quantitative estimate of drug-likeness (QED) is 0.187. The van der Waals surface area contributed by atoms with Crippen molar-refractivity contribution in [2.24, 2.45) is 16.7 Å². The van der Waals surface area contributed by atoms with E-state index in [-0.39, 0.29) is 0 Å². The molecule has 0 bridgehead atoms. The first-order valence-electron chi connectivity index (χ1n) is 10.8. The van der Waals surface area contributed by atoms with E-state index in [0.29, 0.717) is 6.54 Å². The van der Waals surface area contributed by atoms with Crippen LogP contribution in [0.2, 0.25) is 0 Å². The van der Waals surface area contributed by atoms with E-state index in [0.717, 1.165) is 69.2 Å². The van der Waals surface area contributed by atoms with Crippen molar-refractivity contribution in [2.75, 3.05) is 51.3 Å². The molecule has 4 N–H and O–H groups in total. The van der Waals surface area contributed by atoms with E-state index < -0.39 is 0 Å². The molecule has 1 aliphatic rings. The van der Waals surface area contributed by atoms with Crippen LogP contribution in [0.15, 0.2) is 53.6 Å². The average Bonchev–Trinajstić information content (AvgIpc) is 2.80. The van der Waals surface area contributed by atoms with Crippen molar-refractivity contribution in [1.29, 1.82) is 0 Å². The number of methoxy groups -OCH3 is 1. The first-order valence-corrected chi connectivity index (χ1v) is 10.8. The topological polar surface area (TPSA) is 92.6 Å². The minimum Gasteiger partial charge on any atom is -0.495 e. The van der Waals surface area contributed by atoms with E-state index in [1.165, 1.54) is 17.1 Å². The highest BCUT2D eigenvalue weighted by Crippen LogP contribution is 2.28. The summed E-state index contributed by atoms with van der Waals surface area (Å²) in [7, 11) is 1.73. The van der Waals surface area contributed by atoms with Crippen molar-refractivity contribution >= 4 is 12.0 Å². The Bertz CT molecular complexity index is 806. The van der Waals surface area contributed by atoms with Gasteiger partial charge in [0.05, 0.1) is 25.9 Å². The first-order chi connectivity index (χ1) is 15.2. The largest absolute Gasteiger partial charge is 0.495 e. The van der Waals surface area contributed by atoms with Crippen LogP contribution in [0.3, 0.4) is 0 Å². The van der Waals surface area contributed by atoms with E-state index in [1.807, 2.05) is 36.4 Å². The molecule has 0 atom stereocenters. The second kappa shape index (κ2) is 12.0. The van der Waals surface area contributed by atoms with Crippen molar-refractivity contribution in [3.63, 3.8) is 0 Å². The molecule has 0 aromatic heterocycles. The smallest absolute Gasteiger partial charge is 0.142 e. The summed E-state index contributed by atoms with van der Waals surface area (Å²) in [6.07, 6.45) is 3.35. The molecule has 168 valence electrons. The molecule has 1 saturated heterocycles. The molecule has 0 radical (unpaired) electrons. The van der Waals surface area contributed by atoms with Gasteiger partial charge in [-0.25, -0.2) is 11.0 Å². The predicted molar refractivity (Wildman–Crippen MR) is 125 cm³/mol. The van der Waals surface area contributed by atoms with Crippen LogP contribution in [0.25, 0.3) is 0 Å². The Balaban J connectivity index is 1.30. The third-order valence-corrected chi connectivity index (χ3v) is 5.42. The number of hydrazine groups is 1. The van der Waals surface area contributed by atoms with Crippen LogP contribution in [-0.2, 0) is 6.54 Å². The summed E-state index contributed by atoms with van der Waals surface area (Å²) in [5.74, 6) is 7.52. The minimum absolute atomic E-state index is 0.498. The number of para-hydroxylation sites is 2. The minimum atomic E-state index is 0.498. The van der Waals surface area contributed by atoms with Crippen molar-refractivity contribution in [2.45, 2.75) is 19.4 Å². The molecule has 0 aliphatic carbocycles. The molecule has 0 amide bonds. The predicted octanol–water partition coefficient (Wildman–Crippen LogP) is 2.25. The lowest BCUT2D eigenvalue weighted by Gasteiger charge is -2.36.